The van der Waals surface area contributed by atoms with E-state index in [1.807, 2.05) is 0 Å². The number of aliphatic hydroxyl groups is 2. The van der Waals surface area contributed by atoms with Gasteiger partial charge in [-0.1, -0.05) is 22.0 Å². The Hall–Kier alpha value is -2.58. The molecular formula is C22H24ClF3N6O4. The number of aromatic nitrogens is 6. The monoisotopic (exact) mass is 528 g/mol. The van der Waals surface area contributed by atoms with E-state index in [1.54, 1.807) is 10.9 Å². The van der Waals surface area contributed by atoms with Crippen LogP contribution in [0, 0.1) is 11.6 Å². The number of hydrogen-bond acceptors (Lipinski definition) is 8. The molecule has 1 aromatic carbocycles. The van der Waals surface area contributed by atoms with Crippen molar-refractivity contribution in [2.24, 2.45) is 0 Å². The van der Waals surface area contributed by atoms with E-state index in [2.05, 4.69) is 20.6 Å². The van der Waals surface area contributed by atoms with E-state index < -0.39 is 54.9 Å². The van der Waals surface area contributed by atoms with Gasteiger partial charge in [0.2, 0.25) is 0 Å². The predicted molar refractivity (Wildman–Crippen MR) is 119 cm³/mol. The second-order valence-electron chi connectivity index (χ2n) is 9.00. The molecule has 5 unspecified atom stereocenters. The molecule has 194 valence electrons. The SMILES string of the molecule is COC1C(Cc2cn(C3CC(F)C3)nn2)OC(CO)C(O)C1n1cc(-c2ccc(Cl)c(F)c2F)nn1. The summed E-state index contributed by atoms with van der Waals surface area (Å²) in [4.78, 5) is 0. The molecule has 0 radical (unpaired) electrons. The number of halogens is 4. The molecule has 5 rings (SSSR count). The molecular weight excluding hydrogens is 505 g/mol. The summed E-state index contributed by atoms with van der Waals surface area (Å²) in [5.41, 5.74) is 0.426. The number of benzene rings is 1. The van der Waals surface area contributed by atoms with Crippen molar-refractivity contribution in [3.8, 4) is 11.3 Å². The molecule has 10 nitrogen and oxygen atoms in total. The molecule has 1 saturated heterocycles. The molecule has 0 bridgehead atoms. The van der Waals surface area contributed by atoms with Crippen molar-refractivity contribution in [3.63, 3.8) is 0 Å². The average Bonchev–Trinajstić information content (AvgIpc) is 3.51. The van der Waals surface area contributed by atoms with Crippen LogP contribution in [0.2, 0.25) is 5.02 Å². The smallest absolute Gasteiger partial charge is 0.178 e. The highest BCUT2D eigenvalue weighted by Gasteiger charge is 2.47. The lowest BCUT2D eigenvalue weighted by molar-refractivity contribution is -0.212. The minimum Gasteiger partial charge on any atom is -0.394 e. The summed E-state index contributed by atoms with van der Waals surface area (Å²) in [6.45, 7) is -0.490. The standard InChI is InChI=1S/C22H24ClF3N6O4/c1-35-22-16(6-11-7-31(29-27-11)12-4-10(24)5-12)36-17(9-33)21(34)20(22)32-8-15(28-30-32)13-2-3-14(23)19(26)18(13)25/h2-3,7-8,10,12,16-17,20-22,33-34H,4-6,9H2,1H3. The van der Waals surface area contributed by atoms with Crippen LogP contribution in [0.1, 0.15) is 30.6 Å². The Morgan fingerprint density at radius 3 is 2.56 bits per heavy atom. The molecule has 2 aromatic heterocycles. The molecule has 5 atom stereocenters. The van der Waals surface area contributed by atoms with E-state index in [-0.39, 0.29) is 28.7 Å². The van der Waals surface area contributed by atoms with Crippen LogP contribution in [-0.2, 0) is 15.9 Å². The van der Waals surface area contributed by atoms with Crippen LogP contribution in [0.3, 0.4) is 0 Å². The Kier molecular flexibility index (Phi) is 7.01. The van der Waals surface area contributed by atoms with Crippen molar-refractivity contribution in [2.75, 3.05) is 13.7 Å². The summed E-state index contributed by atoms with van der Waals surface area (Å²) < 4.78 is 56.1. The van der Waals surface area contributed by atoms with Gasteiger partial charge >= 0.3 is 0 Å². The van der Waals surface area contributed by atoms with Crippen molar-refractivity contribution in [3.05, 3.63) is 46.9 Å². The van der Waals surface area contributed by atoms with E-state index in [4.69, 9.17) is 21.1 Å². The molecule has 3 aromatic rings. The number of ether oxygens (including phenoxy) is 2. The third-order valence-electron chi connectivity index (χ3n) is 6.76. The second-order valence-corrected chi connectivity index (χ2v) is 9.41. The fraction of sp³-hybridized carbons (Fsp3) is 0.545. The Morgan fingerprint density at radius 2 is 1.86 bits per heavy atom. The summed E-state index contributed by atoms with van der Waals surface area (Å²) >= 11 is 5.64. The third-order valence-corrected chi connectivity index (χ3v) is 7.05. The van der Waals surface area contributed by atoms with Crippen molar-refractivity contribution >= 4 is 11.6 Å². The maximum Gasteiger partial charge on any atom is 0.178 e. The first-order chi connectivity index (χ1) is 17.3. The number of aliphatic hydroxyl groups excluding tert-OH is 2. The molecule has 2 N–H and O–H groups in total. The number of nitrogens with zero attached hydrogens (tertiary/aromatic N) is 6. The molecule has 1 aliphatic heterocycles. The highest BCUT2D eigenvalue weighted by atomic mass is 35.5. The van der Waals surface area contributed by atoms with Crippen LogP contribution >= 0.6 is 11.6 Å². The summed E-state index contributed by atoms with van der Waals surface area (Å²) in [6.07, 6.45) is -0.486. The number of rotatable bonds is 7. The number of hydrogen-bond donors (Lipinski definition) is 2. The van der Waals surface area contributed by atoms with Crippen molar-refractivity contribution < 1.29 is 32.9 Å². The van der Waals surface area contributed by atoms with Crippen LogP contribution in [0.4, 0.5) is 13.2 Å². The van der Waals surface area contributed by atoms with Crippen molar-refractivity contribution in [1.29, 1.82) is 0 Å². The first-order valence-electron chi connectivity index (χ1n) is 11.4. The fourth-order valence-corrected chi connectivity index (χ4v) is 4.87. The largest absolute Gasteiger partial charge is 0.394 e. The van der Waals surface area contributed by atoms with Gasteiger partial charge in [0.1, 0.15) is 36.2 Å². The molecule has 3 heterocycles. The van der Waals surface area contributed by atoms with Gasteiger partial charge in [-0.05, 0) is 12.1 Å². The van der Waals surface area contributed by atoms with E-state index in [0.717, 1.165) is 0 Å². The average molecular weight is 529 g/mol. The predicted octanol–water partition coefficient (Wildman–Crippen LogP) is 2.06. The number of alkyl halides is 1. The Labute approximate surface area is 208 Å². The molecule has 0 spiro atoms. The molecule has 2 aliphatic rings. The van der Waals surface area contributed by atoms with E-state index in [0.29, 0.717) is 18.5 Å². The molecule has 1 saturated carbocycles. The molecule has 1 aliphatic carbocycles. The van der Waals surface area contributed by atoms with Crippen molar-refractivity contribution in [1.82, 2.24) is 30.0 Å². The zero-order valence-corrected chi connectivity index (χ0v) is 19.8. The highest BCUT2D eigenvalue weighted by molar-refractivity contribution is 6.30. The maximum atomic E-state index is 14.5. The normalized spacial score (nSPS) is 30.4. The molecule has 2 fully saturated rings. The second kappa shape index (κ2) is 10.1. The fourth-order valence-electron chi connectivity index (χ4n) is 4.73. The maximum absolute atomic E-state index is 14.5. The van der Waals surface area contributed by atoms with Crippen LogP contribution in [0.25, 0.3) is 11.3 Å². The lowest BCUT2D eigenvalue weighted by Gasteiger charge is -2.43. The minimum atomic E-state index is -1.26. The van der Waals surface area contributed by atoms with Gasteiger partial charge in [0.25, 0.3) is 0 Å². The van der Waals surface area contributed by atoms with Gasteiger partial charge in [-0.2, -0.15) is 0 Å². The van der Waals surface area contributed by atoms with Gasteiger partial charge in [-0.15, -0.1) is 10.2 Å². The van der Waals surface area contributed by atoms with Gasteiger partial charge in [0.15, 0.2) is 11.6 Å². The highest BCUT2D eigenvalue weighted by Crippen LogP contribution is 2.36. The summed E-state index contributed by atoms with van der Waals surface area (Å²) in [5.74, 6) is -2.38. The Balaban J connectivity index is 1.41. The third kappa shape index (κ3) is 4.50. The summed E-state index contributed by atoms with van der Waals surface area (Å²) in [6, 6.07) is 1.55. The first-order valence-corrected chi connectivity index (χ1v) is 11.8. The van der Waals surface area contributed by atoms with Crippen LogP contribution in [0.5, 0.6) is 0 Å². The van der Waals surface area contributed by atoms with Gasteiger partial charge in [0, 0.05) is 38.1 Å². The first kappa shape index (κ1) is 25.1. The minimum absolute atomic E-state index is 0.0170. The summed E-state index contributed by atoms with van der Waals surface area (Å²) in [7, 11) is 1.43. The summed E-state index contributed by atoms with van der Waals surface area (Å²) in [5, 5.41) is 36.6. The lowest BCUT2D eigenvalue weighted by atomic mass is 9.90. The Bertz CT molecular complexity index is 1220. The zero-order chi connectivity index (χ0) is 25.6. The van der Waals surface area contributed by atoms with Gasteiger partial charge in [-0.25, -0.2) is 22.5 Å². The number of methoxy groups -OCH3 is 1. The topological polar surface area (TPSA) is 120 Å². The van der Waals surface area contributed by atoms with E-state index in [9.17, 15) is 23.4 Å². The van der Waals surface area contributed by atoms with Crippen LogP contribution in [0.15, 0.2) is 24.5 Å². The van der Waals surface area contributed by atoms with Gasteiger partial charge in [0.05, 0.1) is 35.7 Å². The lowest BCUT2D eigenvalue weighted by Crippen LogP contribution is -2.57. The molecule has 14 heteroatoms. The molecule has 0 amide bonds. The molecule has 36 heavy (non-hydrogen) atoms. The van der Waals surface area contributed by atoms with Gasteiger partial charge in [-0.3, -0.25) is 0 Å². The Morgan fingerprint density at radius 1 is 1.11 bits per heavy atom. The quantitative estimate of drug-likeness (QED) is 0.447. The zero-order valence-electron chi connectivity index (χ0n) is 19.1. The van der Waals surface area contributed by atoms with E-state index in [1.165, 1.54) is 30.1 Å². The van der Waals surface area contributed by atoms with Gasteiger partial charge < -0.3 is 19.7 Å². The van der Waals surface area contributed by atoms with Crippen LogP contribution < -0.4 is 0 Å². The van der Waals surface area contributed by atoms with Crippen LogP contribution in [-0.4, -0.2) is 84.5 Å². The van der Waals surface area contributed by atoms with Crippen molar-refractivity contribution in [2.45, 2.75) is 61.9 Å². The van der Waals surface area contributed by atoms with E-state index >= 15 is 0 Å².